The third kappa shape index (κ3) is 2.09. The summed E-state index contributed by atoms with van der Waals surface area (Å²) < 4.78 is 0. The summed E-state index contributed by atoms with van der Waals surface area (Å²) in [4.78, 5) is 1.76. The van der Waals surface area contributed by atoms with E-state index in [1.165, 1.54) is 0 Å². The first-order valence-corrected chi connectivity index (χ1v) is 5.25. The van der Waals surface area contributed by atoms with E-state index in [0.717, 1.165) is 31.8 Å². The van der Waals surface area contributed by atoms with Crippen LogP contribution in [0.25, 0.3) is 0 Å². The van der Waals surface area contributed by atoms with Crippen LogP contribution in [0.3, 0.4) is 0 Å². The van der Waals surface area contributed by atoms with E-state index in [9.17, 15) is 0 Å². The van der Waals surface area contributed by atoms with Crippen LogP contribution in [0.2, 0.25) is 0 Å². The van der Waals surface area contributed by atoms with Gasteiger partial charge in [-0.15, -0.1) is 10.2 Å². The molecule has 1 aliphatic rings. The first-order chi connectivity index (χ1) is 6.75. The van der Waals surface area contributed by atoms with Crippen LogP contribution in [0.1, 0.15) is 32.1 Å². The lowest BCUT2D eigenvalue weighted by Gasteiger charge is -2.04. The molecule has 0 aromatic carbocycles. The van der Waals surface area contributed by atoms with E-state index >= 15 is 0 Å². The van der Waals surface area contributed by atoms with Gasteiger partial charge in [0.2, 0.25) is 0 Å². The molecule has 5 nitrogen and oxygen atoms in total. The van der Waals surface area contributed by atoms with E-state index in [4.69, 9.17) is 0 Å². The third-order valence-corrected chi connectivity index (χ3v) is 2.42. The maximum atomic E-state index is 4.39. The highest BCUT2D eigenvalue weighted by atomic mass is 15.6. The van der Waals surface area contributed by atoms with E-state index in [1.54, 1.807) is 4.80 Å². The molecule has 0 aliphatic carbocycles. The monoisotopic (exact) mass is 195 g/mol. The summed E-state index contributed by atoms with van der Waals surface area (Å²) in [6, 6.07) is 0.406. The fourth-order valence-electron chi connectivity index (χ4n) is 1.69. The summed E-state index contributed by atoms with van der Waals surface area (Å²) in [6.07, 6.45) is 2.03. The number of hydrogen-bond donors (Lipinski definition) is 1. The average Bonchev–Trinajstić information content (AvgIpc) is 2.69. The Balaban J connectivity index is 2.01. The second-order valence-electron chi connectivity index (χ2n) is 4.27. The Kier molecular flexibility index (Phi) is 2.77. The van der Waals surface area contributed by atoms with Crippen LogP contribution >= 0.6 is 0 Å². The van der Waals surface area contributed by atoms with Crippen molar-refractivity contribution >= 4 is 0 Å². The molecule has 0 spiro atoms. The lowest BCUT2D eigenvalue weighted by molar-refractivity contribution is 0.421. The molecule has 0 saturated carbocycles. The van der Waals surface area contributed by atoms with Crippen molar-refractivity contribution in [2.24, 2.45) is 5.92 Å². The van der Waals surface area contributed by atoms with Crippen molar-refractivity contribution in [3.63, 3.8) is 0 Å². The standard InChI is InChI=1S/C9H17N5/c1-7(2)5-9-11-13-14(12-9)8-3-4-10-6-8/h7-8,10H,3-6H2,1-2H3. The molecule has 1 saturated heterocycles. The van der Waals surface area contributed by atoms with E-state index in [2.05, 4.69) is 34.6 Å². The van der Waals surface area contributed by atoms with Crippen LogP contribution in [0, 0.1) is 5.92 Å². The fraction of sp³-hybridized carbons (Fsp3) is 0.889. The second kappa shape index (κ2) is 4.04. The summed E-state index contributed by atoms with van der Waals surface area (Å²) in [5.41, 5.74) is 0. The second-order valence-corrected chi connectivity index (χ2v) is 4.27. The van der Waals surface area contributed by atoms with Gasteiger partial charge in [-0.25, -0.2) is 0 Å². The van der Waals surface area contributed by atoms with Gasteiger partial charge in [-0.1, -0.05) is 13.8 Å². The van der Waals surface area contributed by atoms with Crippen molar-refractivity contribution in [3.05, 3.63) is 5.82 Å². The van der Waals surface area contributed by atoms with Crippen molar-refractivity contribution < 1.29 is 0 Å². The van der Waals surface area contributed by atoms with Gasteiger partial charge in [-0.2, -0.15) is 4.80 Å². The molecular formula is C9H17N5. The summed E-state index contributed by atoms with van der Waals surface area (Å²) in [5.74, 6) is 1.46. The summed E-state index contributed by atoms with van der Waals surface area (Å²) >= 11 is 0. The van der Waals surface area contributed by atoms with Gasteiger partial charge in [0, 0.05) is 13.0 Å². The zero-order chi connectivity index (χ0) is 9.97. The lowest BCUT2D eigenvalue weighted by atomic mass is 10.1. The van der Waals surface area contributed by atoms with Gasteiger partial charge in [-0.05, 0) is 24.1 Å². The van der Waals surface area contributed by atoms with E-state index in [-0.39, 0.29) is 0 Å². The minimum absolute atomic E-state index is 0.406. The maximum absolute atomic E-state index is 4.39. The number of nitrogens with one attached hydrogen (secondary N) is 1. The number of tetrazole rings is 1. The molecule has 78 valence electrons. The largest absolute Gasteiger partial charge is 0.314 e. The highest BCUT2D eigenvalue weighted by Crippen LogP contribution is 2.12. The minimum atomic E-state index is 0.406. The molecular weight excluding hydrogens is 178 g/mol. The van der Waals surface area contributed by atoms with Gasteiger partial charge >= 0.3 is 0 Å². The van der Waals surface area contributed by atoms with Crippen molar-refractivity contribution in [3.8, 4) is 0 Å². The molecule has 1 aliphatic heterocycles. The molecule has 0 radical (unpaired) electrons. The van der Waals surface area contributed by atoms with Crippen LogP contribution in [-0.4, -0.2) is 33.3 Å². The molecule has 1 aromatic heterocycles. The quantitative estimate of drug-likeness (QED) is 0.758. The Morgan fingerprint density at radius 3 is 3.07 bits per heavy atom. The normalized spacial score (nSPS) is 22.1. The smallest absolute Gasteiger partial charge is 0.175 e. The topological polar surface area (TPSA) is 55.6 Å². The van der Waals surface area contributed by atoms with Gasteiger partial charge in [-0.3, -0.25) is 0 Å². The fourth-order valence-corrected chi connectivity index (χ4v) is 1.69. The molecule has 2 rings (SSSR count). The summed E-state index contributed by atoms with van der Waals surface area (Å²) in [5, 5.41) is 15.8. The first kappa shape index (κ1) is 9.58. The van der Waals surface area contributed by atoms with Gasteiger partial charge in [0.1, 0.15) is 0 Å². The molecule has 5 heteroatoms. The van der Waals surface area contributed by atoms with Crippen LogP contribution in [0.4, 0.5) is 0 Å². The molecule has 1 unspecified atom stereocenters. The molecule has 1 fully saturated rings. The third-order valence-electron chi connectivity index (χ3n) is 2.42. The Hall–Kier alpha value is -0.970. The van der Waals surface area contributed by atoms with Gasteiger partial charge in [0.05, 0.1) is 6.04 Å². The summed E-state index contributed by atoms with van der Waals surface area (Å²) in [6.45, 7) is 6.36. The number of rotatable bonds is 3. The Bertz CT molecular complexity index is 287. The van der Waals surface area contributed by atoms with E-state index < -0.39 is 0 Å². The lowest BCUT2D eigenvalue weighted by Crippen LogP contribution is -2.16. The molecule has 1 aromatic rings. The van der Waals surface area contributed by atoms with Crippen molar-refractivity contribution in [1.29, 1.82) is 0 Å². The van der Waals surface area contributed by atoms with E-state index in [1.807, 2.05) is 0 Å². The first-order valence-electron chi connectivity index (χ1n) is 5.25. The SMILES string of the molecule is CC(C)Cc1nnn(C2CCNC2)n1. The molecule has 0 amide bonds. The number of aromatic nitrogens is 4. The van der Waals surface area contributed by atoms with Crippen molar-refractivity contribution in [2.75, 3.05) is 13.1 Å². The van der Waals surface area contributed by atoms with Crippen LogP contribution in [-0.2, 0) is 6.42 Å². The molecule has 1 atom stereocenters. The summed E-state index contributed by atoms with van der Waals surface area (Å²) in [7, 11) is 0. The molecule has 1 N–H and O–H groups in total. The molecule has 14 heavy (non-hydrogen) atoms. The minimum Gasteiger partial charge on any atom is -0.314 e. The molecule has 0 bridgehead atoms. The zero-order valence-electron chi connectivity index (χ0n) is 8.77. The Labute approximate surface area is 83.9 Å². The van der Waals surface area contributed by atoms with Crippen molar-refractivity contribution in [2.45, 2.75) is 32.7 Å². The Morgan fingerprint density at radius 1 is 1.57 bits per heavy atom. The number of hydrogen-bond acceptors (Lipinski definition) is 4. The highest BCUT2D eigenvalue weighted by Gasteiger charge is 2.19. The average molecular weight is 195 g/mol. The van der Waals surface area contributed by atoms with Gasteiger partial charge < -0.3 is 5.32 Å². The predicted molar refractivity (Wildman–Crippen MR) is 52.9 cm³/mol. The predicted octanol–water partition coefficient (Wildman–Crippen LogP) is 0.406. The van der Waals surface area contributed by atoms with E-state index in [0.29, 0.717) is 12.0 Å². The molecule has 2 heterocycles. The zero-order valence-corrected chi connectivity index (χ0v) is 8.77. The van der Waals surface area contributed by atoms with Gasteiger partial charge in [0.15, 0.2) is 5.82 Å². The maximum Gasteiger partial charge on any atom is 0.175 e. The Morgan fingerprint density at radius 2 is 2.43 bits per heavy atom. The van der Waals surface area contributed by atoms with Crippen LogP contribution < -0.4 is 5.32 Å². The highest BCUT2D eigenvalue weighted by molar-refractivity contribution is 4.81. The van der Waals surface area contributed by atoms with Crippen molar-refractivity contribution in [1.82, 2.24) is 25.5 Å². The van der Waals surface area contributed by atoms with Crippen LogP contribution in [0.15, 0.2) is 0 Å². The van der Waals surface area contributed by atoms with Crippen LogP contribution in [0.5, 0.6) is 0 Å². The van der Waals surface area contributed by atoms with Gasteiger partial charge in [0.25, 0.3) is 0 Å². The number of nitrogens with zero attached hydrogens (tertiary/aromatic N) is 4.